The second kappa shape index (κ2) is 6.63. The Morgan fingerprint density at radius 3 is 2.92 bits per heavy atom. The van der Waals surface area contributed by atoms with Crippen LogP contribution >= 0.6 is 11.3 Å². The van der Waals surface area contributed by atoms with E-state index >= 15 is 0 Å². The number of hydrogen-bond acceptors (Lipinski definition) is 5. The Morgan fingerprint density at radius 2 is 2.00 bits per heavy atom. The summed E-state index contributed by atoms with van der Waals surface area (Å²) >= 11 is 1.83. The van der Waals surface area contributed by atoms with Gasteiger partial charge in [-0.15, -0.1) is 21.5 Å². The van der Waals surface area contributed by atoms with Gasteiger partial charge in [0.15, 0.2) is 0 Å². The van der Waals surface area contributed by atoms with Crippen LogP contribution in [0.15, 0.2) is 34.7 Å². The zero-order chi connectivity index (χ0) is 17.5. The number of thiophene rings is 1. The molecule has 134 valence electrons. The third-order valence-corrected chi connectivity index (χ3v) is 6.92. The number of benzene rings is 1. The van der Waals surface area contributed by atoms with Crippen molar-refractivity contribution < 1.29 is 4.42 Å². The van der Waals surface area contributed by atoms with Gasteiger partial charge in [-0.05, 0) is 68.3 Å². The minimum atomic E-state index is 0.440. The van der Waals surface area contributed by atoms with E-state index in [9.17, 15) is 0 Å². The Kier molecular flexibility index (Phi) is 4.14. The molecule has 1 unspecified atom stereocenters. The Bertz CT molecular complexity index is 905. The van der Waals surface area contributed by atoms with Gasteiger partial charge in [-0.3, -0.25) is 4.90 Å². The molecule has 0 fully saturated rings. The van der Waals surface area contributed by atoms with Crippen molar-refractivity contribution in [3.63, 3.8) is 0 Å². The van der Waals surface area contributed by atoms with Crippen LogP contribution < -0.4 is 0 Å². The largest absolute Gasteiger partial charge is 0.419 e. The smallest absolute Gasteiger partial charge is 0.257 e. The van der Waals surface area contributed by atoms with Crippen LogP contribution in [-0.4, -0.2) is 22.1 Å². The molecule has 5 heteroatoms. The lowest BCUT2D eigenvalue weighted by atomic mass is 9.99. The molecule has 1 atom stereocenters. The summed E-state index contributed by atoms with van der Waals surface area (Å²) in [4.78, 5) is 4.97. The third kappa shape index (κ3) is 2.89. The quantitative estimate of drug-likeness (QED) is 0.666. The fraction of sp³-hybridized carbons (Fsp3) is 0.429. The lowest BCUT2D eigenvalue weighted by Crippen LogP contribution is -2.22. The lowest BCUT2D eigenvalue weighted by Gasteiger charge is -2.23. The van der Waals surface area contributed by atoms with E-state index in [1.807, 2.05) is 11.3 Å². The highest BCUT2D eigenvalue weighted by molar-refractivity contribution is 7.15. The van der Waals surface area contributed by atoms with Crippen molar-refractivity contribution in [3.05, 3.63) is 57.8 Å². The van der Waals surface area contributed by atoms with E-state index in [0.717, 1.165) is 17.7 Å². The highest BCUT2D eigenvalue weighted by atomic mass is 32.1. The first-order valence-electron chi connectivity index (χ1n) is 9.50. The van der Waals surface area contributed by atoms with Gasteiger partial charge in [0.2, 0.25) is 5.89 Å². The summed E-state index contributed by atoms with van der Waals surface area (Å²) < 4.78 is 6.01. The summed E-state index contributed by atoms with van der Waals surface area (Å²) in [5.41, 5.74) is 4.40. The summed E-state index contributed by atoms with van der Waals surface area (Å²) in [6, 6.07) is 11.5. The van der Waals surface area contributed by atoms with Crippen LogP contribution in [-0.2, 0) is 25.8 Å². The van der Waals surface area contributed by atoms with Crippen LogP contribution in [0.2, 0.25) is 0 Å². The van der Waals surface area contributed by atoms with E-state index in [-0.39, 0.29) is 0 Å². The van der Waals surface area contributed by atoms with Gasteiger partial charge in [0, 0.05) is 10.9 Å². The summed E-state index contributed by atoms with van der Waals surface area (Å²) in [5.74, 6) is 1.39. The van der Waals surface area contributed by atoms with Crippen molar-refractivity contribution in [1.82, 2.24) is 15.1 Å². The van der Waals surface area contributed by atoms with Crippen molar-refractivity contribution in [2.75, 3.05) is 7.05 Å². The molecule has 0 saturated heterocycles. The van der Waals surface area contributed by atoms with Crippen molar-refractivity contribution in [2.45, 2.75) is 51.1 Å². The average Bonchev–Trinajstić information content (AvgIpc) is 3.38. The first-order chi connectivity index (χ1) is 12.8. The summed E-state index contributed by atoms with van der Waals surface area (Å²) in [6.07, 6.45) is 7.30. The zero-order valence-corrected chi connectivity index (χ0v) is 15.9. The Hall–Kier alpha value is -1.98. The van der Waals surface area contributed by atoms with Crippen LogP contribution in [0.5, 0.6) is 0 Å². The summed E-state index contributed by atoms with van der Waals surface area (Å²) in [6.45, 7) is 0.692. The molecule has 2 aliphatic rings. The number of hydrogen-bond donors (Lipinski definition) is 0. The number of aryl methyl sites for hydroxylation is 3. The van der Waals surface area contributed by atoms with Crippen molar-refractivity contribution in [1.29, 1.82) is 0 Å². The molecule has 0 saturated carbocycles. The van der Waals surface area contributed by atoms with E-state index in [0.29, 0.717) is 24.4 Å². The third-order valence-electron chi connectivity index (χ3n) is 5.69. The molecule has 0 bridgehead atoms. The van der Waals surface area contributed by atoms with Gasteiger partial charge in [0.05, 0.1) is 11.4 Å². The number of rotatable bonds is 4. The van der Waals surface area contributed by atoms with Crippen molar-refractivity contribution in [2.24, 2.45) is 0 Å². The molecular formula is C21H23N3OS. The minimum absolute atomic E-state index is 0.440. The van der Waals surface area contributed by atoms with Crippen LogP contribution in [0.1, 0.15) is 52.8 Å². The molecule has 0 aliphatic heterocycles. The molecule has 2 heterocycles. The van der Waals surface area contributed by atoms with E-state index < -0.39 is 0 Å². The lowest BCUT2D eigenvalue weighted by molar-refractivity contribution is 0.214. The van der Waals surface area contributed by atoms with Crippen LogP contribution in [0.3, 0.4) is 0 Å². The monoisotopic (exact) mass is 365 g/mol. The zero-order valence-electron chi connectivity index (χ0n) is 15.1. The molecule has 0 radical (unpaired) electrons. The standard InChI is InChI=1S/C21H23N3OS/c1-24(17-11-10-14-6-2-4-8-16(14)17)13-20-22-23-21(25-20)19-12-15-7-3-5-9-18(15)26-19/h2,4,6,8,12,17H,3,5,7,9-11,13H2,1H3. The van der Waals surface area contributed by atoms with Crippen molar-refractivity contribution >= 4 is 11.3 Å². The maximum Gasteiger partial charge on any atom is 0.257 e. The summed E-state index contributed by atoms with van der Waals surface area (Å²) in [5, 5.41) is 8.64. The first-order valence-corrected chi connectivity index (χ1v) is 10.3. The summed E-state index contributed by atoms with van der Waals surface area (Å²) in [7, 11) is 2.15. The normalized spacial score (nSPS) is 18.9. The van der Waals surface area contributed by atoms with Gasteiger partial charge < -0.3 is 4.42 Å². The van der Waals surface area contributed by atoms with Crippen LogP contribution in [0, 0.1) is 0 Å². The molecule has 1 aromatic carbocycles. The topological polar surface area (TPSA) is 42.2 Å². The number of fused-ring (bicyclic) bond motifs is 2. The molecular weight excluding hydrogens is 342 g/mol. The molecule has 0 amide bonds. The van der Waals surface area contributed by atoms with Gasteiger partial charge in [-0.25, -0.2) is 0 Å². The van der Waals surface area contributed by atoms with Crippen LogP contribution in [0.4, 0.5) is 0 Å². The molecule has 5 rings (SSSR count). The molecule has 0 N–H and O–H groups in total. The van der Waals surface area contributed by atoms with Crippen LogP contribution in [0.25, 0.3) is 10.8 Å². The fourth-order valence-electron chi connectivity index (χ4n) is 4.33. The predicted octanol–water partition coefficient (Wildman–Crippen LogP) is 4.80. The predicted molar refractivity (Wildman–Crippen MR) is 103 cm³/mol. The van der Waals surface area contributed by atoms with E-state index in [2.05, 4.69) is 52.5 Å². The van der Waals surface area contributed by atoms with Gasteiger partial charge in [0.25, 0.3) is 5.89 Å². The SMILES string of the molecule is CN(Cc1nnc(-c2cc3c(s2)CCCC3)o1)C1CCc2ccccc21. The fourth-order valence-corrected chi connectivity index (χ4v) is 5.50. The van der Waals surface area contributed by atoms with Gasteiger partial charge >= 0.3 is 0 Å². The molecule has 2 aromatic heterocycles. The average molecular weight is 366 g/mol. The highest BCUT2D eigenvalue weighted by Crippen LogP contribution is 2.37. The highest BCUT2D eigenvalue weighted by Gasteiger charge is 2.26. The molecule has 2 aliphatic carbocycles. The molecule has 3 aromatic rings. The van der Waals surface area contributed by atoms with Gasteiger partial charge in [0.1, 0.15) is 0 Å². The molecule has 0 spiro atoms. The number of nitrogens with zero attached hydrogens (tertiary/aromatic N) is 3. The van der Waals surface area contributed by atoms with E-state index in [1.54, 1.807) is 0 Å². The Morgan fingerprint density at radius 1 is 1.12 bits per heavy atom. The maximum atomic E-state index is 6.01. The van der Waals surface area contributed by atoms with Gasteiger partial charge in [-0.1, -0.05) is 24.3 Å². The second-order valence-corrected chi connectivity index (χ2v) is 8.57. The number of aromatic nitrogens is 2. The minimum Gasteiger partial charge on any atom is -0.419 e. The van der Waals surface area contributed by atoms with Gasteiger partial charge in [-0.2, -0.15) is 0 Å². The maximum absolute atomic E-state index is 6.01. The van der Waals surface area contributed by atoms with E-state index in [1.165, 1.54) is 47.3 Å². The van der Waals surface area contributed by atoms with E-state index in [4.69, 9.17) is 4.42 Å². The molecule has 4 nitrogen and oxygen atoms in total. The Balaban J connectivity index is 1.32. The Labute approximate surface area is 157 Å². The molecule has 26 heavy (non-hydrogen) atoms. The second-order valence-electron chi connectivity index (χ2n) is 7.44. The first kappa shape index (κ1) is 16.2. The van der Waals surface area contributed by atoms with Crippen molar-refractivity contribution in [3.8, 4) is 10.8 Å².